The monoisotopic (exact) mass is 709 g/mol. The van der Waals surface area contributed by atoms with Crippen molar-refractivity contribution in [2.45, 2.75) is 37.4 Å². The summed E-state index contributed by atoms with van der Waals surface area (Å²) in [7, 11) is -1.47. The summed E-state index contributed by atoms with van der Waals surface area (Å²) in [6.07, 6.45) is 7.88. The van der Waals surface area contributed by atoms with E-state index in [0.29, 0.717) is 0 Å². The Bertz CT molecular complexity index is 1410. The predicted molar refractivity (Wildman–Crippen MR) is 226 cm³/mol. The van der Waals surface area contributed by atoms with E-state index < -0.39 is 8.80 Å². The number of hydrogen-bond donors (Lipinski definition) is 0. The summed E-state index contributed by atoms with van der Waals surface area (Å²) >= 11 is 0. The highest BCUT2D eigenvalue weighted by Crippen LogP contribution is 2.38. The molecule has 6 aromatic carbocycles. The second kappa shape index (κ2) is 19.9. The van der Waals surface area contributed by atoms with Crippen LogP contribution in [-0.4, -0.2) is 27.3 Å². The van der Waals surface area contributed by atoms with Crippen molar-refractivity contribution in [2.24, 2.45) is 0 Å². The lowest BCUT2D eigenvalue weighted by Gasteiger charge is -2.23. The van der Waals surface area contributed by atoms with Gasteiger partial charge in [0.15, 0.2) is 0 Å². The van der Waals surface area contributed by atoms with Crippen molar-refractivity contribution in [3.8, 4) is 0 Å². The molecule has 0 aromatic heterocycles. The minimum absolute atomic E-state index is 0.326. The van der Waals surface area contributed by atoms with E-state index in [-0.39, 0.29) is 23.8 Å². The topological polar surface area (TPSA) is 0 Å². The van der Waals surface area contributed by atoms with E-state index in [9.17, 15) is 0 Å². The SMILES string of the molecule is c1ccc(P(CCC[Si](CCCP(c2ccccc2)c2ccccc2)CCCP(c2ccccc2)c2ccccc2)c2ccccc2)cc1. The highest BCUT2D eigenvalue weighted by atomic mass is 31.1. The summed E-state index contributed by atoms with van der Waals surface area (Å²) in [5.74, 6) is 0. The van der Waals surface area contributed by atoms with Gasteiger partial charge in [-0.25, -0.2) is 0 Å². The zero-order valence-corrected chi connectivity index (χ0v) is 32.2. The van der Waals surface area contributed by atoms with Gasteiger partial charge in [-0.3, -0.25) is 0 Å². The molecule has 0 aliphatic heterocycles. The van der Waals surface area contributed by atoms with Crippen molar-refractivity contribution < 1.29 is 0 Å². The van der Waals surface area contributed by atoms with Crippen LogP contribution in [0.25, 0.3) is 0 Å². The first-order valence-corrected chi connectivity index (χ1v) is 24.5. The van der Waals surface area contributed by atoms with Crippen LogP contribution >= 0.6 is 23.8 Å². The van der Waals surface area contributed by atoms with Crippen molar-refractivity contribution in [3.63, 3.8) is 0 Å². The third-order valence-corrected chi connectivity index (χ3v) is 20.1. The van der Waals surface area contributed by atoms with Gasteiger partial charge in [0.05, 0.1) is 0 Å². The van der Waals surface area contributed by atoms with Crippen LogP contribution in [0.2, 0.25) is 18.1 Å². The summed E-state index contributed by atoms with van der Waals surface area (Å²) in [5, 5.41) is 9.11. The summed E-state index contributed by atoms with van der Waals surface area (Å²) in [4.78, 5) is 0. The fraction of sp³-hybridized carbons (Fsp3) is 0.200. The number of hydrogen-bond acceptors (Lipinski definition) is 0. The fourth-order valence-corrected chi connectivity index (χ4v) is 17.4. The van der Waals surface area contributed by atoms with Crippen LogP contribution in [0.15, 0.2) is 182 Å². The molecule has 0 saturated heterocycles. The lowest BCUT2D eigenvalue weighted by atomic mass is 10.4. The molecule has 0 unspecified atom stereocenters. The third-order valence-electron chi connectivity index (χ3n) is 9.14. The average molecular weight is 710 g/mol. The molecule has 0 aliphatic rings. The standard InChI is InChI=1S/C45H48P3Si/c1-7-22-40(23-8-1)46(41-24-9-2-10-25-41)34-19-37-49(38-20-35-47(42-26-11-3-12-27-42)43-28-13-4-14-29-43)39-21-36-48(44-30-15-5-16-31-44)45-32-17-6-18-33-45/h1-18,22-33H,19-21,34-39H2. The van der Waals surface area contributed by atoms with Gasteiger partial charge >= 0.3 is 0 Å². The number of benzene rings is 6. The molecule has 1 radical (unpaired) electrons. The zero-order valence-electron chi connectivity index (χ0n) is 28.5. The average Bonchev–Trinajstić information content (AvgIpc) is 3.18. The molecule has 0 nitrogen and oxygen atoms in total. The van der Waals surface area contributed by atoms with Gasteiger partial charge in [-0.2, -0.15) is 0 Å². The molecule has 0 amide bonds. The maximum absolute atomic E-state index is 2.36. The molecule has 0 fully saturated rings. The lowest BCUT2D eigenvalue weighted by molar-refractivity contribution is 0.967. The highest BCUT2D eigenvalue weighted by Gasteiger charge is 2.20. The maximum atomic E-state index is 2.36. The summed E-state index contributed by atoms with van der Waals surface area (Å²) in [6, 6.07) is 72.1. The van der Waals surface area contributed by atoms with Crippen molar-refractivity contribution in [1.82, 2.24) is 0 Å². The Kier molecular flexibility index (Phi) is 14.5. The Hall–Kier alpha value is -3.17. The molecule has 0 bridgehead atoms. The largest absolute Gasteiger partial charge is 0.0622 e. The Balaban J connectivity index is 1.15. The maximum Gasteiger partial charge on any atom is 0.0479 e. The van der Waals surface area contributed by atoms with E-state index in [1.54, 1.807) is 0 Å². The zero-order chi connectivity index (χ0) is 33.4. The van der Waals surface area contributed by atoms with Crippen LogP contribution in [0.4, 0.5) is 0 Å². The Morgan fingerprint density at radius 3 is 0.633 bits per heavy atom. The number of rotatable bonds is 18. The van der Waals surface area contributed by atoms with Gasteiger partial charge in [0.1, 0.15) is 0 Å². The van der Waals surface area contributed by atoms with E-state index in [1.807, 2.05) is 0 Å². The summed E-state index contributed by atoms with van der Waals surface area (Å²) < 4.78 is 0. The molecule has 6 rings (SSSR count). The van der Waals surface area contributed by atoms with Crippen LogP contribution in [0.3, 0.4) is 0 Å². The second-order valence-corrected chi connectivity index (χ2v) is 22.5. The van der Waals surface area contributed by atoms with Gasteiger partial charge in [-0.15, -0.1) is 0 Å². The molecule has 0 spiro atoms. The first-order valence-electron chi connectivity index (χ1n) is 17.8. The minimum atomic E-state index is -0.489. The second-order valence-electron chi connectivity index (χ2n) is 12.5. The summed E-state index contributed by atoms with van der Waals surface area (Å²) in [6.45, 7) is 0. The fourth-order valence-electron chi connectivity index (χ4n) is 6.71. The lowest BCUT2D eigenvalue weighted by Crippen LogP contribution is -2.19. The molecular formula is C45H48P3Si. The molecule has 0 aliphatic carbocycles. The van der Waals surface area contributed by atoms with Crippen molar-refractivity contribution in [2.75, 3.05) is 18.5 Å². The Morgan fingerprint density at radius 1 is 0.265 bits per heavy atom. The van der Waals surface area contributed by atoms with Crippen molar-refractivity contribution in [3.05, 3.63) is 182 Å². The van der Waals surface area contributed by atoms with Crippen LogP contribution < -0.4 is 31.8 Å². The molecule has 247 valence electrons. The minimum Gasteiger partial charge on any atom is -0.0622 e. The normalized spacial score (nSPS) is 11.5. The van der Waals surface area contributed by atoms with Gasteiger partial charge in [0.2, 0.25) is 0 Å². The smallest absolute Gasteiger partial charge is 0.0479 e. The van der Waals surface area contributed by atoms with Gasteiger partial charge in [0.25, 0.3) is 0 Å². The first-order chi connectivity index (χ1) is 24.3. The van der Waals surface area contributed by atoms with E-state index in [1.165, 1.54) is 87.7 Å². The van der Waals surface area contributed by atoms with Crippen LogP contribution in [0.1, 0.15) is 19.3 Å². The molecule has 6 aromatic rings. The molecule has 49 heavy (non-hydrogen) atoms. The predicted octanol–water partition coefficient (Wildman–Crippen LogP) is 10.1. The summed E-state index contributed by atoms with van der Waals surface area (Å²) in [5.41, 5.74) is 0. The van der Waals surface area contributed by atoms with Gasteiger partial charge in [0, 0.05) is 8.80 Å². The third kappa shape index (κ3) is 10.9. The Labute approximate surface area is 300 Å². The van der Waals surface area contributed by atoms with E-state index in [0.717, 1.165) is 0 Å². The molecule has 0 heterocycles. The molecule has 0 N–H and O–H groups in total. The molecule has 0 saturated carbocycles. The molecular weight excluding hydrogens is 662 g/mol. The van der Waals surface area contributed by atoms with Gasteiger partial charge in [-0.1, -0.05) is 219 Å². The van der Waals surface area contributed by atoms with E-state index in [4.69, 9.17) is 0 Å². The van der Waals surface area contributed by atoms with Gasteiger partial charge < -0.3 is 0 Å². The first kappa shape index (κ1) is 35.6. The Morgan fingerprint density at radius 2 is 0.449 bits per heavy atom. The van der Waals surface area contributed by atoms with Crippen LogP contribution in [0, 0.1) is 0 Å². The van der Waals surface area contributed by atoms with Crippen LogP contribution in [-0.2, 0) is 0 Å². The quantitative estimate of drug-likeness (QED) is 0.0616. The van der Waals surface area contributed by atoms with Crippen LogP contribution in [0.5, 0.6) is 0 Å². The highest BCUT2D eigenvalue weighted by molar-refractivity contribution is 7.73. The van der Waals surface area contributed by atoms with Crippen molar-refractivity contribution >= 4 is 64.4 Å². The van der Waals surface area contributed by atoms with E-state index >= 15 is 0 Å². The molecule has 0 atom stereocenters. The van der Waals surface area contributed by atoms with Crippen molar-refractivity contribution in [1.29, 1.82) is 0 Å². The molecule has 4 heteroatoms. The van der Waals surface area contributed by atoms with Gasteiger partial charge in [-0.05, 0) is 74.1 Å². The van der Waals surface area contributed by atoms with E-state index in [2.05, 4.69) is 182 Å².